The molecule has 3 aromatic rings. The minimum Gasteiger partial charge on any atom is -0.445 e. The molecule has 2 aliphatic rings. The van der Waals surface area contributed by atoms with Crippen LogP contribution in [0.4, 0.5) is 11.4 Å². The van der Waals surface area contributed by atoms with E-state index in [4.69, 9.17) is 4.74 Å². The van der Waals surface area contributed by atoms with Crippen LogP contribution < -0.4 is 10.2 Å². The van der Waals surface area contributed by atoms with E-state index >= 15 is 0 Å². The lowest BCUT2D eigenvalue weighted by Crippen LogP contribution is -2.48. The summed E-state index contributed by atoms with van der Waals surface area (Å²) >= 11 is 0. The normalized spacial score (nSPS) is 16.5. The minimum absolute atomic E-state index is 0.370. The average molecular weight is 469 g/mol. The molecule has 5 rings (SSSR count). The van der Waals surface area contributed by atoms with Crippen molar-refractivity contribution in [3.05, 3.63) is 95.6 Å². The number of nitrogens with one attached hydrogen (secondary N) is 1. The molecule has 0 bridgehead atoms. The molecule has 1 fully saturated rings. The first kappa shape index (κ1) is 22.5. The number of amides is 3. The number of anilines is 2. The molecule has 0 atom stereocenters. The van der Waals surface area contributed by atoms with Gasteiger partial charge in [0.15, 0.2) is 5.60 Å². The summed E-state index contributed by atoms with van der Waals surface area (Å²) in [6, 6.07) is 21.8. The first-order valence-electron chi connectivity index (χ1n) is 11.7. The van der Waals surface area contributed by atoms with E-state index < -0.39 is 11.6 Å². The largest absolute Gasteiger partial charge is 0.445 e. The van der Waals surface area contributed by atoms with Crippen molar-refractivity contribution >= 4 is 35.1 Å². The molecular weight excluding hydrogens is 444 g/mol. The number of hydrogen-bond donors (Lipinski definition) is 1. The standard InChI is InChI=1S/C28H24N2O5/c31-24-22-11-5-6-12-23(22)25(32)30(24)21-15-13-20(14-16-21)29-27(34)28(17-7-2-8-18-28)35-26(33)19-9-3-1-4-10-19/h1,3-6,9-16H,2,7-8,17-18H2,(H,29,34). The van der Waals surface area contributed by atoms with Gasteiger partial charge in [-0.2, -0.15) is 0 Å². The monoisotopic (exact) mass is 468 g/mol. The van der Waals surface area contributed by atoms with Crippen molar-refractivity contribution in [1.29, 1.82) is 0 Å². The first-order valence-corrected chi connectivity index (χ1v) is 11.7. The number of imide groups is 1. The van der Waals surface area contributed by atoms with E-state index in [1.165, 1.54) is 0 Å². The number of rotatable bonds is 5. The molecule has 7 heteroatoms. The molecule has 7 nitrogen and oxygen atoms in total. The molecule has 0 saturated heterocycles. The summed E-state index contributed by atoms with van der Waals surface area (Å²) in [5, 5.41) is 2.86. The van der Waals surface area contributed by atoms with E-state index in [-0.39, 0.29) is 17.7 Å². The lowest BCUT2D eigenvalue weighted by Gasteiger charge is -2.35. The van der Waals surface area contributed by atoms with Gasteiger partial charge in [-0.25, -0.2) is 9.69 Å². The van der Waals surface area contributed by atoms with Crippen molar-refractivity contribution < 1.29 is 23.9 Å². The van der Waals surface area contributed by atoms with Gasteiger partial charge in [-0.1, -0.05) is 36.8 Å². The van der Waals surface area contributed by atoms with Gasteiger partial charge >= 0.3 is 5.97 Å². The predicted octanol–water partition coefficient (Wildman–Crippen LogP) is 4.99. The Morgan fingerprint density at radius 2 is 1.31 bits per heavy atom. The lowest BCUT2D eigenvalue weighted by molar-refractivity contribution is -0.138. The maximum Gasteiger partial charge on any atom is 0.339 e. The summed E-state index contributed by atoms with van der Waals surface area (Å²) in [7, 11) is 0. The van der Waals surface area contributed by atoms with Crippen molar-refractivity contribution in [3.63, 3.8) is 0 Å². The summed E-state index contributed by atoms with van der Waals surface area (Å²) in [5.41, 5.74) is 0.791. The number of carbonyl (C=O) groups excluding carboxylic acids is 4. The highest BCUT2D eigenvalue weighted by atomic mass is 16.6. The Morgan fingerprint density at radius 3 is 1.91 bits per heavy atom. The van der Waals surface area contributed by atoms with Crippen molar-refractivity contribution in [2.45, 2.75) is 37.7 Å². The Bertz CT molecular complexity index is 1260. The molecule has 1 aliphatic heterocycles. The van der Waals surface area contributed by atoms with Gasteiger partial charge in [0.25, 0.3) is 17.7 Å². The van der Waals surface area contributed by atoms with Gasteiger partial charge in [0.1, 0.15) is 0 Å². The maximum absolute atomic E-state index is 13.3. The summed E-state index contributed by atoms with van der Waals surface area (Å²) in [5.74, 6) is -1.66. The van der Waals surface area contributed by atoms with Crippen molar-refractivity contribution in [2.24, 2.45) is 0 Å². The van der Waals surface area contributed by atoms with Crippen LogP contribution in [-0.4, -0.2) is 29.3 Å². The fourth-order valence-corrected chi connectivity index (χ4v) is 4.67. The van der Waals surface area contributed by atoms with Crippen molar-refractivity contribution in [1.82, 2.24) is 0 Å². The van der Waals surface area contributed by atoms with E-state index in [2.05, 4.69) is 5.32 Å². The molecule has 3 aromatic carbocycles. The summed E-state index contributed by atoms with van der Waals surface area (Å²) in [6.07, 6.45) is 3.45. The lowest BCUT2D eigenvalue weighted by atomic mass is 9.83. The minimum atomic E-state index is -1.24. The first-order chi connectivity index (χ1) is 17.0. The zero-order valence-electron chi connectivity index (χ0n) is 19.0. The molecule has 0 radical (unpaired) electrons. The second kappa shape index (κ2) is 9.18. The van der Waals surface area contributed by atoms with Crippen LogP contribution >= 0.6 is 0 Å². The molecule has 3 amide bonds. The van der Waals surface area contributed by atoms with E-state index in [0.717, 1.165) is 24.2 Å². The van der Waals surface area contributed by atoms with Crippen LogP contribution in [0.1, 0.15) is 63.2 Å². The zero-order valence-corrected chi connectivity index (χ0v) is 19.0. The predicted molar refractivity (Wildman–Crippen MR) is 130 cm³/mol. The number of hydrogen-bond acceptors (Lipinski definition) is 5. The van der Waals surface area contributed by atoms with Gasteiger partial charge in [0.2, 0.25) is 0 Å². The van der Waals surface area contributed by atoms with Crippen LogP contribution in [0.3, 0.4) is 0 Å². The van der Waals surface area contributed by atoms with Gasteiger partial charge in [0, 0.05) is 5.69 Å². The van der Waals surface area contributed by atoms with Crippen LogP contribution in [0.15, 0.2) is 78.9 Å². The van der Waals surface area contributed by atoms with Crippen LogP contribution in [0.25, 0.3) is 0 Å². The molecule has 1 saturated carbocycles. The number of esters is 1. The molecule has 1 heterocycles. The van der Waals surface area contributed by atoms with Crippen LogP contribution in [0, 0.1) is 0 Å². The fourth-order valence-electron chi connectivity index (χ4n) is 4.67. The van der Waals surface area contributed by atoms with Gasteiger partial charge in [-0.3, -0.25) is 14.4 Å². The Labute approximate surface area is 202 Å². The number of fused-ring (bicyclic) bond motifs is 1. The fraction of sp³-hybridized carbons (Fsp3) is 0.214. The molecule has 0 aromatic heterocycles. The van der Waals surface area contributed by atoms with E-state index in [0.29, 0.717) is 40.9 Å². The third kappa shape index (κ3) is 4.21. The Morgan fingerprint density at radius 1 is 0.743 bits per heavy atom. The number of benzene rings is 3. The summed E-state index contributed by atoms with van der Waals surface area (Å²) in [6.45, 7) is 0. The van der Waals surface area contributed by atoms with E-state index in [9.17, 15) is 19.2 Å². The molecular formula is C28H24N2O5. The van der Waals surface area contributed by atoms with Crippen LogP contribution in [-0.2, 0) is 9.53 Å². The quantitative estimate of drug-likeness (QED) is 0.421. The Balaban J connectivity index is 1.33. The molecule has 35 heavy (non-hydrogen) atoms. The summed E-state index contributed by atoms with van der Waals surface area (Å²) < 4.78 is 5.82. The van der Waals surface area contributed by atoms with Gasteiger partial charge in [-0.15, -0.1) is 0 Å². The third-order valence-corrected chi connectivity index (χ3v) is 6.55. The zero-order chi connectivity index (χ0) is 24.4. The molecule has 0 spiro atoms. The maximum atomic E-state index is 13.3. The smallest absolute Gasteiger partial charge is 0.339 e. The highest BCUT2D eigenvalue weighted by Crippen LogP contribution is 2.34. The van der Waals surface area contributed by atoms with Crippen LogP contribution in [0.5, 0.6) is 0 Å². The van der Waals surface area contributed by atoms with Crippen molar-refractivity contribution in [3.8, 4) is 0 Å². The number of ether oxygens (including phenoxy) is 1. The third-order valence-electron chi connectivity index (χ3n) is 6.55. The topological polar surface area (TPSA) is 92.8 Å². The van der Waals surface area contributed by atoms with Gasteiger partial charge in [0.05, 0.1) is 22.4 Å². The Hall–Kier alpha value is -4.26. The van der Waals surface area contributed by atoms with Crippen LogP contribution in [0.2, 0.25) is 0 Å². The second-order valence-corrected chi connectivity index (χ2v) is 8.80. The second-order valence-electron chi connectivity index (χ2n) is 8.80. The highest BCUT2D eigenvalue weighted by Gasteiger charge is 2.43. The molecule has 1 aliphatic carbocycles. The average Bonchev–Trinajstić information content (AvgIpc) is 3.15. The number of nitrogens with zero attached hydrogens (tertiary/aromatic N) is 1. The molecule has 176 valence electrons. The number of carbonyl (C=O) groups is 4. The molecule has 1 N–H and O–H groups in total. The highest BCUT2D eigenvalue weighted by molar-refractivity contribution is 6.34. The van der Waals surface area contributed by atoms with Gasteiger partial charge < -0.3 is 10.1 Å². The van der Waals surface area contributed by atoms with E-state index in [1.807, 2.05) is 6.07 Å². The van der Waals surface area contributed by atoms with E-state index in [1.54, 1.807) is 72.8 Å². The van der Waals surface area contributed by atoms with Gasteiger partial charge in [-0.05, 0) is 74.2 Å². The Kier molecular flexibility index (Phi) is 5.91. The summed E-state index contributed by atoms with van der Waals surface area (Å²) in [4.78, 5) is 52.7. The van der Waals surface area contributed by atoms with Crippen molar-refractivity contribution in [2.75, 3.05) is 10.2 Å². The molecule has 0 unspecified atom stereocenters. The SMILES string of the molecule is O=C(OC1(C(=O)Nc2ccc(N3C(=O)c4ccccc4C3=O)cc2)CCCCC1)c1ccccc1.